The van der Waals surface area contributed by atoms with Gasteiger partial charge in [-0.1, -0.05) is 18.2 Å². The second-order valence-corrected chi connectivity index (χ2v) is 10.2. The van der Waals surface area contributed by atoms with E-state index in [2.05, 4.69) is 14.9 Å². The SMILES string of the molecule is Cc1ccccc1S(=O)(=O)N1CCN2C[C@@H](Oc3cnc(C4CC4)cn3)C[C@H]2C1. The first kappa shape index (κ1) is 19.0. The van der Waals surface area contributed by atoms with Crippen LogP contribution in [0.5, 0.6) is 5.88 Å². The van der Waals surface area contributed by atoms with Gasteiger partial charge in [0, 0.05) is 44.6 Å². The van der Waals surface area contributed by atoms with E-state index in [1.54, 1.807) is 22.6 Å². The van der Waals surface area contributed by atoms with Crippen molar-refractivity contribution in [2.75, 3.05) is 26.2 Å². The van der Waals surface area contributed by atoms with Gasteiger partial charge in [0.05, 0.1) is 23.0 Å². The number of hydrogen-bond acceptors (Lipinski definition) is 6. The summed E-state index contributed by atoms with van der Waals surface area (Å²) < 4.78 is 33.9. The quantitative estimate of drug-likeness (QED) is 0.747. The van der Waals surface area contributed by atoms with Gasteiger partial charge >= 0.3 is 0 Å². The maximum Gasteiger partial charge on any atom is 0.243 e. The fraction of sp³-hybridized carbons (Fsp3) is 0.524. The first-order chi connectivity index (χ1) is 14.0. The predicted molar refractivity (Wildman–Crippen MR) is 108 cm³/mol. The van der Waals surface area contributed by atoms with Crippen molar-refractivity contribution in [3.05, 3.63) is 47.9 Å². The molecular formula is C21H26N4O3S. The number of fused-ring (bicyclic) bond motifs is 1. The highest BCUT2D eigenvalue weighted by atomic mass is 32.2. The lowest BCUT2D eigenvalue weighted by Gasteiger charge is -2.36. The standard InChI is InChI=1S/C21H26N4O3S/c1-15-4-2-3-5-20(15)29(26,27)25-9-8-24-14-18(10-17(24)13-25)28-21-12-22-19(11-23-21)16-6-7-16/h2-5,11-12,16-18H,6-10,13-14H2,1H3/t17-,18-/m0/s1. The van der Waals surface area contributed by atoms with Crippen molar-refractivity contribution in [2.24, 2.45) is 0 Å². The summed E-state index contributed by atoms with van der Waals surface area (Å²) in [5.41, 5.74) is 1.84. The van der Waals surface area contributed by atoms with E-state index in [0.29, 0.717) is 29.8 Å². The second kappa shape index (κ2) is 7.34. The average molecular weight is 415 g/mol. The van der Waals surface area contributed by atoms with Crippen molar-refractivity contribution in [1.82, 2.24) is 19.2 Å². The van der Waals surface area contributed by atoms with Crippen LogP contribution in [0.1, 0.15) is 36.4 Å². The summed E-state index contributed by atoms with van der Waals surface area (Å²) in [6.45, 7) is 4.38. The molecule has 1 aromatic heterocycles. The van der Waals surface area contributed by atoms with E-state index < -0.39 is 10.0 Å². The van der Waals surface area contributed by atoms with Crippen LogP contribution in [0, 0.1) is 6.92 Å². The monoisotopic (exact) mass is 414 g/mol. The van der Waals surface area contributed by atoms with Gasteiger partial charge in [0.2, 0.25) is 15.9 Å². The molecule has 3 heterocycles. The summed E-state index contributed by atoms with van der Waals surface area (Å²) in [5.74, 6) is 1.14. The number of nitrogens with zero attached hydrogens (tertiary/aromatic N) is 4. The lowest BCUT2D eigenvalue weighted by Crippen LogP contribution is -2.52. The van der Waals surface area contributed by atoms with Crippen LogP contribution >= 0.6 is 0 Å². The molecule has 0 spiro atoms. The largest absolute Gasteiger partial charge is 0.472 e. The molecule has 2 aliphatic heterocycles. The fourth-order valence-corrected chi connectivity index (χ4v) is 6.10. The minimum absolute atomic E-state index is 0.0159. The van der Waals surface area contributed by atoms with E-state index in [4.69, 9.17) is 4.74 Å². The molecular weight excluding hydrogens is 388 g/mol. The Balaban J connectivity index is 1.24. The van der Waals surface area contributed by atoms with Crippen LogP contribution in [-0.2, 0) is 10.0 Å². The number of sulfonamides is 1. The number of aryl methyl sites for hydroxylation is 1. The van der Waals surface area contributed by atoms with Gasteiger partial charge in [-0.25, -0.2) is 13.4 Å². The second-order valence-electron chi connectivity index (χ2n) is 8.31. The molecule has 2 atom stereocenters. The third-order valence-corrected chi connectivity index (χ3v) is 8.21. The molecule has 7 nitrogen and oxygen atoms in total. The van der Waals surface area contributed by atoms with Gasteiger partial charge in [-0.15, -0.1) is 0 Å². The smallest absolute Gasteiger partial charge is 0.243 e. The van der Waals surface area contributed by atoms with E-state index in [-0.39, 0.29) is 12.1 Å². The normalized spacial score (nSPS) is 25.7. The molecule has 1 aliphatic carbocycles. The molecule has 1 saturated carbocycles. The molecule has 3 fully saturated rings. The summed E-state index contributed by atoms with van der Waals surface area (Å²) in [5, 5.41) is 0. The molecule has 3 aliphatic rings. The number of rotatable bonds is 5. The van der Waals surface area contributed by atoms with Crippen LogP contribution in [0.15, 0.2) is 41.6 Å². The highest BCUT2D eigenvalue weighted by Gasteiger charge is 2.41. The Bertz CT molecular complexity index is 991. The van der Waals surface area contributed by atoms with Gasteiger partial charge in [-0.05, 0) is 31.4 Å². The summed E-state index contributed by atoms with van der Waals surface area (Å²) >= 11 is 0. The van der Waals surface area contributed by atoms with Gasteiger partial charge in [-0.3, -0.25) is 9.88 Å². The van der Waals surface area contributed by atoms with Crippen molar-refractivity contribution in [2.45, 2.75) is 49.1 Å². The highest BCUT2D eigenvalue weighted by Crippen LogP contribution is 2.38. The van der Waals surface area contributed by atoms with Crippen molar-refractivity contribution in [3.63, 3.8) is 0 Å². The summed E-state index contributed by atoms with van der Waals surface area (Å²) in [6.07, 6.45) is 6.77. The Morgan fingerprint density at radius 3 is 2.62 bits per heavy atom. The van der Waals surface area contributed by atoms with Gasteiger partial charge in [0.1, 0.15) is 6.10 Å². The third kappa shape index (κ3) is 3.76. The first-order valence-electron chi connectivity index (χ1n) is 10.3. The van der Waals surface area contributed by atoms with Gasteiger partial charge in [-0.2, -0.15) is 4.31 Å². The van der Waals surface area contributed by atoms with E-state index in [9.17, 15) is 8.42 Å². The minimum atomic E-state index is -3.47. The zero-order chi connectivity index (χ0) is 20.0. The molecule has 8 heteroatoms. The Kier molecular flexibility index (Phi) is 4.80. The molecule has 2 saturated heterocycles. The van der Waals surface area contributed by atoms with Crippen LogP contribution in [-0.4, -0.2) is 65.9 Å². The molecule has 0 N–H and O–H groups in total. The molecule has 0 amide bonds. The molecule has 0 radical (unpaired) electrons. The van der Waals surface area contributed by atoms with Crippen LogP contribution in [0.25, 0.3) is 0 Å². The molecule has 0 bridgehead atoms. The Morgan fingerprint density at radius 1 is 1.07 bits per heavy atom. The van der Waals surface area contributed by atoms with Gasteiger partial charge in [0.25, 0.3) is 0 Å². The summed E-state index contributed by atoms with van der Waals surface area (Å²) in [6, 6.07) is 7.36. The molecule has 5 rings (SSSR count). The number of piperazine rings is 1. The lowest BCUT2D eigenvalue weighted by atomic mass is 10.2. The van der Waals surface area contributed by atoms with Crippen molar-refractivity contribution < 1.29 is 13.2 Å². The summed E-state index contributed by atoms with van der Waals surface area (Å²) in [4.78, 5) is 11.6. The van der Waals surface area contributed by atoms with Gasteiger partial charge < -0.3 is 4.74 Å². The van der Waals surface area contributed by atoms with Crippen LogP contribution in [0.2, 0.25) is 0 Å². The number of aromatic nitrogens is 2. The third-order valence-electron chi connectivity index (χ3n) is 6.18. The maximum absolute atomic E-state index is 13.1. The number of ether oxygens (including phenoxy) is 1. The highest BCUT2D eigenvalue weighted by molar-refractivity contribution is 7.89. The van der Waals surface area contributed by atoms with Gasteiger partial charge in [0.15, 0.2) is 0 Å². The number of hydrogen-bond donors (Lipinski definition) is 0. The first-order valence-corrected chi connectivity index (χ1v) is 11.7. The number of benzene rings is 1. The van der Waals surface area contributed by atoms with Crippen LogP contribution < -0.4 is 4.74 Å². The molecule has 154 valence electrons. The predicted octanol–water partition coefficient (Wildman–Crippen LogP) is 2.19. The average Bonchev–Trinajstić information content (AvgIpc) is 3.48. The maximum atomic E-state index is 13.1. The summed E-state index contributed by atoms with van der Waals surface area (Å²) in [7, 11) is -3.47. The zero-order valence-electron chi connectivity index (χ0n) is 16.6. The van der Waals surface area contributed by atoms with Crippen LogP contribution in [0.3, 0.4) is 0 Å². The molecule has 2 aromatic rings. The molecule has 1 aromatic carbocycles. The minimum Gasteiger partial charge on any atom is -0.472 e. The van der Waals surface area contributed by atoms with E-state index in [1.807, 2.05) is 25.3 Å². The lowest BCUT2D eigenvalue weighted by molar-refractivity contribution is 0.151. The Morgan fingerprint density at radius 2 is 1.90 bits per heavy atom. The Labute approximate surface area is 171 Å². The molecule has 29 heavy (non-hydrogen) atoms. The van der Waals surface area contributed by atoms with Crippen molar-refractivity contribution in [1.29, 1.82) is 0 Å². The van der Waals surface area contributed by atoms with Crippen LogP contribution in [0.4, 0.5) is 0 Å². The van der Waals surface area contributed by atoms with Crippen molar-refractivity contribution in [3.8, 4) is 5.88 Å². The van der Waals surface area contributed by atoms with Crippen molar-refractivity contribution >= 4 is 10.0 Å². The zero-order valence-corrected chi connectivity index (χ0v) is 17.4. The topological polar surface area (TPSA) is 75.6 Å². The fourth-order valence-electron chi connectivity index (χ4n) is 4.40. The van der Waals surface area contributed by atoms with E-state index in [1.165, 1.54) is 12.8 Å². The Hall–Kier alpha value is -2.03. The van der Waals surface area contributed by atoms with E-state index in [0.717, 1.165) is 30.8 Å². The molecule has 0 unspecified atom stereocenters. The van der Waals surface area contributed by atoms with E-state index >= 15 is 0 Å².